The zero-order chi connectivity index (χ0) is 37.3. The number of alkyl carbamates (subject to hydrolysis) is 1. The summed E-state index contributed by atoms with van der Waals surface area (Å²) in [6.45, 7) is 6.79. The van der Waals surface area contributed by atoms with Gasteiger partial charge in [-0.3, -0.25) is 24.0 Å². The lowest BCUT2D eigenvalue weighted by molar-refractivity contribution is 0.0498. The Bertz CT molecular complexity index is 2170. The first kappa shape index (κ1) is 35.5. The summed E-state index contributed by atoms with van der Waals surface area (Å²) in [7, 11) is 0. The summed E-state index contributed by atoms with van der Waals surface area (Å²) in [6.07, 6.45) is 4.38. The first-order chi connectivity index (χ1) is 25.4. The number of amides is 4. The van der Waals surface area contributed by atoms with Gasteiger partial charge < -0.3 is 20.3 Å². The number of anilines is 2. The van der Waals surface area contributed by atoms with Gasteiger partial charge in [-0.05, 0) is 69.0 Å². The van der Waals surface area contributed by atoms with Crippen molar-refractivity contribution >= 4 is 46.5 Å². The number of hydrogen-bond acceptors (Lipinski definition) is 9. The van der Waals surface area contributed by atoms with Crippen molar-refractivity contribution in [2.24, 2.45) is 0 Å². The van der Waals surface area contributed by atoms with Gasteiger partial charge in [0.2, 0.25) is 0 Å². The molecule has 1 fully saturated rings. The van der Waals surface area contributed by atoms with Crippen molar-refractivity contribution in [3.63, 3.8) is 0 Å². The number of piperidine rings is 1. The lowest BCUT2D eigenvalue weighted by atomic mass is 10.0. The van der Waals surface area contributed by atoms with Gasteiger partial charge in [0.1, 0.15) is 22.1 Å². The van der Waals surface area contributed by atoms with E-state index in [1.165, 1.54) is 28.4 Å². The van der Waals surface area contributed by atoms with Gasteiger partial charge in [0, 0.05) is 36.3 Å². The molecule has 2 aromatic heterocycles. The number of nitrogens with one attached hydrogen (secondary N) is 2. The van der Waals surface area contributed by atoms with Gasteiger partial charge >= 0.3 is 6.09 Å². The van der Waals surface area contributed by atoms with E-state index >= 15 is 4.39 Å². The molecule has 14 heteroatoms. The topological polar surface area (TPSA) is 139 Å². The molecule has 4 heterocycles. The van der Waals surface area contributed by atoms with Crippen LogP contribution in [0.5, 0.6) is 0 Å². The van der Waals surface area contributed by atoms with Gasteiger partial charge in [0.15, 0.2) is 0 Å². The van der Waals surface area contributed by atoms with Crippen LogP contribution in [0.15, 0.2) is 84.5 Å². The highest BCUT2D eigenvalue weighted by Crippen LogP contribution is 2.33. The number of rotatable bonds is 9. The number of fused-ring (bicyclic) bond motifs is 1. The number of imide groups is 1. The maximum absolute atomic E-state index is 15.3. The Morgan fingerprint density at radius 3 is 2.38 bits per heavy atom. The average molecular weight is 736 g/mol. The molecular weight excluding hydrogens is 698 g/mol. The van der Waals surface area contributed by atoms with Crippen molar-refractivity contribution in [3.05, 3.63) is 118 Å². The Morgan fingerprint density at radius 1 is 0.962 bits per heavy atom. The highest BCUT2D eigenvalue weighted by atomic mass is 32.1. The second-order valence-corrected chi connectivity index (χ2v) is 14.9. The van der Waals surface area contributed by atoms with E-state index in [9.17, 15) is 19.2 Å². The van der Waals surface area contributed by atoms with Gasteiger partial charge in [-0.2, -0.15) is 5.10 Å². The summed E-state index contributed by atoms with van der Waals surface area (Å²) in [6, 6.07) is 18.7. The predicted molar refractivity (Wildman–Crippen MR) is 198 cm³/mol. The standard InChI is InChI=1S/C39H38FN7O5S/c1-39(2,3)52-38(51)42-27-12-9-17-45(22-27)33-30(40)15-8-16-31(33)43-34(48)32-23-53-35(44-32)26-18-41-46(20-26)19-24-10-4-5-11-25(24)21-47-36(49)28-13-6-7-14-29(28)37(47)50/h4-8,10-11,13-16,18,20,23,27H,9,12,17,19,21-22H2,1-3H3,(H,42,51)(H,43,48)/t27-/m1/s1. The number of nitrogens with zero attached hydrogens (tertiary/aromatic N) is 5. The van der Waals surface area contributed by atoms with Crippen molar-refractivity contribution in [2.45, 2.75) is 58.3 Å². The van der Waals surface area contributed by atoms with Crippen LogP contribution in [0.1, 0.15) is 75.9 Å². The van der Waals surface area contributed by atoms with E-state index in [4.69, 9.17) is 4.74 Å². The first-order valence-electron chi connectivity index (χ1n) is 17.3. The van der Waals surface area contributed by atoms with Crippen LogP contribution in [0.2, 0.25) is 0 Å². The molecule has 0 unspecified atom stereocenters. The average Bonchev–Trinajstić information content (AvgIpc) is 3.85. The monoisotopic (exact) mass is 735 g/mol. The molecular formula is C39H38FN7O5S. The molecule has 0 bridgehead atoms. The molecule has 0 saturated carbocycles. The molecule has 5 aromatic rings. The number of hydrogen-bond donors (Lipinski definition) is 2. The number of aromatic nitrogens is 3. The third-order valence-corrected chi connectivity index (χ3v) is 9.86. The largest absolute Gasteiger partial charge is 0.444 e. The molecule has 4 amide bonds. The van der Waals surface area contributed by atoms with Crippen LogP contribution in [0.3, 0.4) is 0 Å². The quantitative estimate of drug-likeness (QED) is 0.159. The molecule has 272 valence electrons. The molecule has 53 heavy (non-hydrogen) atoms. The highest BCUT2D eigenvalue weighted by molar-refractivity contribution is 7.13. The molecule has 0 spiro atoms. The first-order valence-corrected chi connectivity index (χ1v) is 18.2. The molecule has 1 saturated heterocycles. The fraction of sp³-hybridized carbons (Fsp3) is 0.282. The van der Waals surface area contributed by atoms with Crippen LogP contribution in [-0.4, -0.2) is 68.2 Å². The molecule has 3 aromatic carbocycles. The molecule has 0 radical (unpaired) electrons. The van der Waals surface area contributed by atoms with E-state index in [0.717, 1.165) is 11.1 Å². The molecule has 2 aliphatic heterocycles. The van der Waals surface area contributed by atoms with Gasteiger partial charge in [-0.25, -0.2) is 14.2 Å². The number of ether oxygens (including phenoxy) is 1. The minimum atomic E-state index is -0.640. The Kier molecular flexibility index (Phi) is 9.80. The zero-order valence-electron chi connectivity index (χ0n) is 29.5. The van der Waals surface area contributed by atoms with Gasteiger partial charge in [0.25, 0.3) is 17.7 Å². The summed E-state index contributed by atoms with van der Waals surface area (Å²) in [5, 5.41) is 12.5. The summed E-state index contributed by atoms with van der Waals surface area (Å²) >= 11 is 1.28. The van der Waals surface area contributed by atoms with Crippen molar-refractivity contribution in [2.75, 3.05) is 23.3 Å². The van der Waals surface area contributed by atoms with Gasteiger partial charge in [-0.1, -0.05) is 42.5 Å². The zero-order valence-corrected chi connectivity index (χ0v) is 30.3. The fourth-order valence-corrected chi connectivity index (χ4v) is 7.34. The van der Waals surface area contributed by atoms with Gasteiger partial charge in [-0.15, -0.1) is 11.3 Å². The molecule has 12 nitrogen and oxygen atoms in total. The van der Waals surface area contributed by atoms with E-state index in [1.54, 1.807) is 67.4 Å². The summed E-state index contributed by atoms with van der Waals surface area (Å²) in [5.41, 5.74) is 3.31. The minimum absolute atomic E-state index is 0.135. The number of carbonyl (C=O) groups excluding carboxylic acids is 4. The highest BCUT2D eigenvalue weighted by Gasteiger charge is 2.35. The molecule has 0 aliphatic carbocycles. The van der Waals surface area contributed by atoms with Crippen LogP contribution in [-0.2, 0) is 17.8 Å². The SMILES string of the molecule is CC(C)(C)OC(=O)N[C@@H]1CCCN(c2c(F)cccc2NC(=O)c2csc(-c3cnn(Cc4ccccc4CN4C(=O)c5ccccc5C4=O)c3)n2)C1. The van der Waals surface area contributed by atoms with E-state index in [2.05, 4.69) is 20.7 Å². The van der Waals surface area contributed by atoms with Crippen LogP contribution in [0, 0.1) is 5.82 Å². The van der Waals surface area contributed by atoms with Crippen LogP contribution >= 0.6 is 11.3 Å². The Labute approximate surface area is 309 Å². The van der Waals surface area contributed by atoms with Crippen LogP contribution in [0.25, 0.3) is 10.6 Å². The smallest absolute Gasteiger partial charge is 0.407 e. The van der Waals surface area contributed by atoms with Crippen molar-refractivity contribution < 1.29 is 28.3 Å². The lowest BCUT2D eigenvalue weighted by Crippen LogP contribution is -2.49. The second kappa shape index (κ2) is 14.6. The lowest BCUT2D eigenvalue weighted by Gasteiger charge is -2.36. The van der Waals surface area contributed by atoms with Crippen LogP contribution < -0.4 is 15.5 Å². The van der Waals surface area contributed by atoms with E-state index in [-0.39, 0.29) is 35.8 Å². The number of carbonyl (C=O) groups is 4. The minimum Gasteiger partial charge on any atom is -0.444 e. The number of halogens is 1. The van der Waals surface area contributed by atoms with Crippen LogP contribution in [0.4, 0.5) is 20.6 Å². The molecule has 1 atom stereocenters. The number of thiazole rings is 1. The van der Waals surface area contributed by atoms with E-state index < -0.39 is 23.4 Å². The second-order valence-electron chi connectivity index (χ2n) is 14.0. The summed E-state index contributed by atoms with van der Waals surface area (Å²) in [4.78, 5) is 59.5. The van der Waals surface area contributed by atoms with E-state index in [0.29, 0.717) is 59.9 Å². The molecule has 2 aliphatic rings. The Hall–Kier alpha value is -5.89. The fourth-order valence-electron chi connectivity index (χ4n) is 6.56. The predicted octanol–water partition coefficient (Wildman–Crippen LogP) is 6.74. The molecule has 7 rings (SSSR count). The number of para-hydroxylation sites is 1. The maximum atomic E-state index is 15.3. The normalized spacial score (nSPS) is 15.7. The third-order valence-electron chi connectivity index (χ3n) is 8.97. The summed E-state index contributed by atoms with van der Waals surface area (Å²) in [5.74, 6) is -1.61. The van der Waals surface area contributed by atoms with Crippen molar-refractivity contribution in [3.8, 4) is 10.6 Å². The third kappa shape index (κ3) is 7.82. The Morgan fingerprint density at radius 2 is 1.66 bits per heavy atom. The summed E-state index contributed by atoms with van der Waals surface area (Å²) < 4.78 is 22.5. The van der Waals surface area contributed by atoms with Crippen molar-refractivity contribution in [1.82, 2.24) is 25.0 Å². The Balaban J connectivity index is 1.01. The maximum Gasteiger partial charge on any atom is 0.407 e. The molecule has 2 N–H and O–H groups in total. The van der Waals surface area contributed by atoms with Gasteiger partial charge in [0.05, 0.1) is 41.8 Å². The van der Waals surface area contributed by atoms with E-state index in [1.807, 2.05) is 35.4 Å². The number of benzene rings is 3. The van der Waals surface area contributed by atoms with Crippen molar-refractivity contribution in [1.29, 1.82) is 0 Å².